The highest BCUT2D eigenvalue weighted by molar-refractivity contribution is 7.98. The minimum Gasteiger partial charge on any atom is -0.409 e. The van der Waals surface area contributed by atoms with Crippen LogP contribution in [0, 0.1) is 0 Å². The Morgan fingerprint density at radius 2 is 2.22 bits per heavy atom. The van der Waals surface area contributed by atoms with E-state index in [1.54, 1.807) is 11.8 Å². The summed E-state index contributed by atoms with van der Waals surface area (Å²) in [5.41, 5.74) is 7.61. The van der Waals surface area contributed by atoms with Crippen molar-refractivity contribution in [1.82, 2.24) is 0 Å². The van der Waals surface area contributed by atoms with E-state index in [0.29, 0.717) is 0 Å². The molecule has 0 fully saturated rings. The summed E-state index contributed by atoms with van der Waals surface area (Å²) in [6, 6.07) is 5.98. The van der Waals surface area contributed by atoms with Crippen molar-refractivity contribution < 1.29 is 5.21 Å². The van der Waals surface area contributed by atoms with Crippen LogP contribution in [0.5, 0.6) is 0 Å². The van der Waals surface area contributed by atoms with Crippen LogP contribution < -0.4 is 10.6 Å². The minimum absolute atomic E-state index is 0.165. The number of amidine groups is 1. The Bertz CT molecular complexity index is 421. The molecule has 0 saturated carbocycles. The number of hydrogen-bond donors (Lipinski definition) is 2. The second-order valence-electron chi connectivity index (χ2n) is 4.11. The predicted molar refractivity (Wildman–Crippen MR) is 78.9 cm³/mol. The van der Waals surface area contributed by atoms with Crippen LogP contribution in [-0.2, 0) is 0 Å². The summed E-state index contributed by atoms with van der Waals surface area (Å²) >= 11 is 1.60. The van der Waals surface area contributed by atoms with Crippen LogP contribution >= 0.6 is 11.8 Å². The third kappa shape index (κ3) is 3.32. The Kier molecular flexibility index (Phi) is 5.85. The zero-order valence-corrected chi connectivity index (χ0v) is 12.0. The average Bonchev–Trinajstić information content (AvgIpc) is 2.42. The Morgan fingerprint density at radius 3 is 2.78 bits per heavy atom. The molecule has 3 N–H and O–H groups in total. The maximum atomic E-state index is 8.93. The number of rotatable bonds is 6. The van der Waals surface area contributed by atoms with Gasteiger partial charge in [0.25, 0.3) is 0 Å². The summed E-state index contributed by atoms with van der Waals surface area (Å²) in [7, 11) is 2.03. The molecular formula is C13H21N3OS. The van der Waals surface area contributed by atoms with E-state index in [9.17, 15) is 0 Å². The fraction of sp³-hybridized carbons (Fsp3) is 0.462. The summed E-state index contributed by atoms with van der Waals surface area (Å²) in [4.78, 5) is 3.17. The molecule has 0 aliphatic heterocycles. The van der Waals surface area contributed by atoms with Crippen LogP contribution in [0.1, 0.15) is 25.3 Å². The van der Waals surface area contributed by atoms with E-state index < -0.39 is 0 Å². The number of nitrogens with two attached hydrogens (primary N) is 1. The normalized spacial score (nSPS) is 11.6. The largest absolute Gasteiger partial charge is 0.409 e. The molecule has 0 aliphatic carbocycles. The molecule has 1 rings (SSSR count). The predicted octanol–water partition coefficient (Wildman–Crippen LogP) is 2.74. The third-order valence-corrected chi connectivity index (χ3v) is 3.63. The lowest BCUT2D eigenvalue weighted by Gasteiger charge is -2.23. The van der Waals surface area contributed by atoms with E-state index in [1.807, 2.05) is 31.5 Å². The molecule has 0 aromatic heterocycles. The van der Waals surface area contributed by atoms with Gasteiger partial charge in [-0.3, -0.25) is 0 Å². The Hall–Kier alpha value is -1.36. The molecule has 0 bridgehead atoms. The fourth-order valence-electron chi connectivity index (χ4n) is 1.83. The van der Waals surface area contributed by atoms with Crippen LogP contribution in [-0.4, -0.2) is 30.9 Å². The second kappa shape index (κ2) is 7.16. The molecule has 0 aliphatic rings. The molecule has 18 heavy (non-hydrogen) atoms. The fourth-order valence-corrected chi connectivity index (χ4v) is 2.46. The van der Waals surface area contributed by atoms with Crippen molar-refractivity contribution in [3.8, 4) is 0 Å². The molecule has 4 nitrogen and oxygen atoms in total. The first-order chi connectivity index (χ1) is 8.65. The summed E-state index contributed by atoms with van der Waals surface area (Å²) in [6.07, 6.45) is 4.25. The third-order valence-electron chi connectivity index (χ3n) is 2.85. The van der Waals surface area contributed by atoms with Crippen LogP contribution in [0.25, 0.3) is 0 Å². The average molecular weight is 267 g/mol. The van der Waals surface area contributed by atoms with Gasteiger partial charge in [0.05, 0.1) is 5.56 Å². The molecule has 100 valence electrons. The highest BCUT2D eigenvalue weighted by Gasteiger charge is 2.14. The van der Waals surface area contributed by atoms with E-state index in [1.165, 1.54) is 0 Å². The van der Waals surface area contributed by atoms with Crippen molar-refractivity contribution in [2.45, 2.75) is 24.7 Å². The highest BCUT2D eigenvalue weighted by atomic mass is 32.2. The molecule has 5 heteroatoms. The van der Waals surface area contributed by atoms with E-state index in [-0.39, 0.29) is 5.84 Å². The van der Waals surface area contributed by atoms with E-state index in [0.717, 1.165) is 35.5 Å². The topological polar surface area (TPSA) is 61.8 Å². The standard InChI is InChI=1S/C13H21N3OS/c1-4-5-9-16(2)10-7-6-8-11(18-3)12(10)13(14)15-17/h6-8,17H,4-5,9H2,1-3H3,(H2,14,15). The van der Waals surface area contributed by atoms with E-state index >= 15 is 0 Å². The first-order valence-corrected chi connectivity index (χ1v) is 7.24. The Morgan fingerprint density at radius 1 is 1.50 bits per heavy atom. The molecule has 0 amide bonds. The Balaban J connectivity index is 3.17. The number of benzene rings is 1. The van der Waals surface area contributed by atoms with Crippen molar-refractivity contribution in [2.75, 3.05) is 24.7 Å². The number of anilines is 1. The summed E-state index contributed by atoms with van der Waals surface area (Å²) < 4.78 is 0. The van der Waals surface area contributed by atoms with Crippen LogP contribution in [0.15, 0.2) is 28.3 Å². The highest BCUT2D eigenvalue weighted by Crippen LogP contribution is 2.29. The van der Waals surface area contributed by atoms with Crippen molar-refractivity contribution >= 4 is 23.3 Å². The van der Waals surface area contributed by atoms with Crippen molar-refractivity contribution in [3.05, 3.63) is 23.8 Å². The van der Waals surface area contributed by atoms with Crippen molar-refractivity contribution in [2.24, 2.45) is 10.9 Å². The monoisotopic (exact) mass is 267 g/mol. The van der Waals surface area contributed by atoms with Gasteiger partial charge in [0, 0.05) is 24.2 Å². The summed E-state index contributed by atoms with van der Waals surface area (Å²) in [5.74, 6) is 0.165. The molecule has 0 heterocycles. The molecule has 0 atom stereocenters. The summed E-state index contributed by atoms with van der Waals surface area (Å²) in [6.45, 7) is 3.12. The zero-order valence-electron chi connectivity index (χ0n) is 11.2. The smallest absolute Gasteiger partial charge is 0.173 e. The molecule has 0 saturated heterocycles. The molecular weight excluding hydrogens is 246 g/mol. The van der Waals surface area contributed by atoms with E-state index in [2.05, 4.69) is 17.0 Å². The van der Waals surface area contributed by atoms with Gasteiger partial charge >= 0.3 is 0 Å². The number of oxime groups is 1. The molecule has 0 spiro atoms. The molecule has 1 aromatic carbocycles. The second-order valence-corrected chi connectivity index (χ2v) is 4.96. The maximum Gasteiger partial charge on any atom is 0.173 e. The number of thioether (sulfide) groups is 1. The first kappa shape index (κ1) is 14.7. The number of unbranched alkanes of at least 4 members (excludes halogenated alkanes) is 1. The summed E-state index contributed by atoms with van der Waals surface area (Å²) in [5, 5.41) is 12.1. The zero-order chi connectivity index (χ0) is 13.5. The van der Waals surface area contributed by atoms with Gasteiger partial charge in [-0.2, -0.15) is 0 Å². The SMILES string of the molecule is CCCCN(C)c1cccc(SC)c1/C(N)=N/O. The lowest BCUT2D eigenvalue weighted by atomic mass is 10.1. The number of hydrogen-bond acceptors (Lipinski definition) is 4. The molecule has 1 aromatic rings. The van der Waals surface area contributed by atoms with Crippen LogP contribution in [0.4, 0.5) is 5.69 Å². The molecule has 0 unspecified atom stereocenters. The van der Waals surface area contributed by atoms with Crippen LogP contribution in [0.3, 0.4) is 0 Å². The van der Waals surface area contributed by atoms with Gasteiger partial charge in [0.1, 0.15) is 0 Å². The molecule has 0 radical (unpaired) electrons. The lowest BCUT2D eigenvalue weighted by molar-refractivity contribution is 0.318. The maximum absolute atomic E-state index is 8.93. The van der Waals surface area contributed by atoms with Gasteiger partial charge in [0.15, 0.2) is 5.84 Å². The van der Waals surface area contributed by atoms with E-state index in [4.69, 9.17) is 10.9 Å². The Labute approximate surface area is 113 Å². The van der Waals surface area contributed by atoms with Gasteiger partial charge in [-0.05, 0) is 24.8 Å². The van der Waals surface area contributed by atoms with Gasteiger partial charge in [-0.15, -0.1) is 11.8 Å². The van der Waals surface area contributed by atoms with Gasteiger partial charge in [-0.1, -0.05) is 24.6 Å². The van der Waals surface area contributed by atoms with Gasteiger partial charge in [0.2, 0.25) is 0 Å². The number of nitrogens with zero attached hydrogens (tertiary/aromatic N) is 2. The van der Waals surface area contributed by atoms with Gasteiger partial charge in [-0.25, -0.2) is 0 Å². The van der Waals surface area contributed by atoms with Gasteiger partial charge < -0.3 is 15.8 Å². The first-order valence-electron chi connectivity index (χ1n) is 6.01. The van der Waals surface area contributed by atoms with Crippen LogP contribution in [0.2, 0.25) is 0 Å². The van der Waals surface area contributed by atoms with Crippen molar-refractivity contribution in [1.29, 1.82) is 0 Å². The lowest BCUT2D eigenvalue weighted by Crippen LogP contribution is -2.24. The van der Waals surface area contributed by atoms with Crippen molar-refractivity contribution in [3.63, 3.8) is 0 Å². The minimum atomic E-state index is 0.165. The quantitative estimate of drug-likeness (QED) is 0.273.